The number of benzene rings is 3. The first kappa shape index (κ1) is 21.7. The molecular weight excluding hydrogens is 428 g/mol. The van der Waals surface area contributed by atoms with Gasteiger partial charge in [-0.15, -0.1) is 0 Å². The first-order chi connectivity index (χ1) is 16.4. The minimum absolute atomic E-state index is 0.263. The van der Waals surface area contributed by atoms with Gasteiger partial charge in [-0.05, 0) is 50.2 Å². The lowest BCUT2D eigenvalue weighted by Gasteiger charge is -2.22. The number of pyridine rings is 1. The van der Waals surface area contributed by atoms with Crippen molar-refractivity contribution in [1.82, 2.24) is 14.5 Å². The third-order valence-electron chi connectivity index (χ3n) is 6.01. The van der Waals surface area contributed by atoms with Crippen LogP contribution in [0.2, 0.25) is 0 Å². The fourth-order valence-electron chi connectivity index (χ4n) is 4.02. The molecule has 2 heterocycles. The lowest BCUT2D eigenvalue weighted by Crippen LogP contribution is -2.21. The zero-order chi connectivity index (χ0) is 23.7. The maximum absolute atomic E-state index is 14.4. The summed E-state index contributed by atoms with van der Waals surface area (Å²) in [7, 11) is 0. The number of hydrogen-bond acceptors (Lipinski definition) is 2. The Morgan fingerprint density at radius 2 is 1.41 bits per heavy atom. The molecule has 0 saturated heterocycles. The van der Waals surface area contributed by atoms with Gasteiger partial charge in [0.2, 0.25) is 0 Å². The highest BCUT2D eigenvalue weighted by atomic mass is 19.1. The van der Waals surface area contributed by atoms with Crippen LogP contribution in [0.3, 0.4) is 0 Å². The highest BCUT2D eigenvalue weighted by Gasteiger charge is 2.30. The van der Waals surface area contributed by atoms with Crippen LogP contribution in [-0.2, 0) is 5.41 Å². The summed E-state index contributed by atoms with van der Waals surface area (Å²) in [5, 5.41) is 0. The molecule has 0 aliphatic rings. The first-order valence-electron chi connectivity index (χ1n) is 11.1. The van der Waals surface area contributed by atoms with Gasteiger partial charge in [-0.2, -0.15) is 0 Å². The first-order valence-corrected chi connectivity index (χ1v) is 11.1. The maximum Gasteiger partial charge on any atom is 0.144 e. The van der Waals surface area contributed by atoms with E-state index in [4.69, 9.17) is 9.97 Å². The van der Waals surface area contributed by atoms with Crippen molar-refractivity contribution in [1.29, 1.82) is 0 Å². The van der Waals surface area contributed by atoms with Crippen molar-refractivity contribution < 1.29 is 8.78 Å². The zero-order valence-corrected chi connectivity index (χ0v) is 18.9. The Morgan fingerprint density at radius 3 is 2.12 bits per heavy atom. The summed E-state index contributed by atoms with van der Waals surface area (Å²) >= 11 is 0. The third kappa shape index (κ3) is 4.01. The fraction of sp³-hybridized carbons (Fsp3) is 0.103. The zero-order valence-electron chi connectivity index (χ0n) is 18.9. The minimum atomic E-state index is -0.637. The fourth-order valence-corrected chi connectivity index (χ4v) is 4.02. The minimum Gasteiger partial charge on any atom is -0.299 e. The molecule has 34 heavy (non-hydrogen) atoms. The predicted octanol–water partition coefficient (Wildman–Crippen LogP) is 7.21. The number of nitrogens with zero attached hydrogens (tertiary/aromatic N) is 3. The Balaban J connectivity index is 1.62. The van der Waals surface area contributed by atoms with Gasteiger partial charge < -0.3 is 0 Å². The van der Waals surface area contributed by atoms with E-state index >= 15 is 0 Å². The maximum atomic E-state index is 14.4. The number of para-hydroxylation sites is 1. The van der Waals surface area contributed by atoms with Crippen LogP contribution in [0.4, 0.5) is 8.78 Å². The molecule has 0 bridgehead atoms. The molecule has 5 rings (SSSR count). The van der Waals surface area contributed by atoms with E-state index in [9.17, 15) is 8.78 Å². The second kappa shape index (κ2) is 8.67. The highest BCUT2D eigenvalue weighted by Crippen LogP contribution is 2.34. The van der Waals surface area contributed by atoms with E-state index in [0.717, 1.165) is 34.5 Å². The molecule has 0 amide bonds. The SMILES string of the molecule is CC(C)(c1cccc(-c2ccc(F)cc2F)n1)c1cn(-c2ccccc2)c(-c2ccccc2)n1. The van der Waals surface area contributed by atoms with Crippen LogP contribution in [0.1, 0.15) is 25.2 Å². The van der Waals surface area contributed by atoms with Gasteiger partial charge in [0, 0.05) is 29.1 Å². The topological polar surface area (TPSA) is 30.7 Å². The van der Waals surface area contributed by atoms with E-state index in [-0.39, 0.29) is 5.56 Å². The van der Waals surface area contributed by atoms with E-state index in [1.165, 1.54) is 12.1 Å². The van der Waals surface area contributed by atoms with Crippen LogP contribution in [0.15, 0.2) is 103 Å². The van der Waals surface area contributed by atoms with Gasteiger partial charge in [0.05, 0.1) is 22.5 Å². The van der Waals surface area contributed by atoms with Crippen LogP contribution in [0.5, 0.6) is 0 Å². The smallest absolute Gasteiger partial charge is 0.144 e. The van der Waals surface area contributed by atoms with E-state index < -0.39 is 17.0 Å². The second-order valence-electron chi connectivity index (χ2n) is 8.68. The molecule has 0 aliphatic carbocycles. The van der Waals surface area contributed by atoms with E-state index in [0.29, 0.717) is 5.69 Å². The van der Waals surface area contributed by atoms with Gasteiger partial charge in [0.1, 0.15) is 17.5 Å². The molecule has 0 unspecified atom stereocenters. The van der Waals surface area contributed by atoms with Crippen LogP contribution < -0.4 is 0 Å². The quantitative estimate of drug-likeness (QED) is 0.283. The highest BCUT2D eigenvalue weighted by molar-refractivity contribution is 5.62. The van der Waals surface area contributed by atoms with Crippen molar-refractivity contribution >= 4 is 0 Å². The molecule has 0 fully saturated rings. The Labute approximate surface area is 197 Å². The predicted molar refractivity (Wildman–Crippen MR) is 131 cm³/mol. The monoisotopic (exact) mass is 451 g/mol. The van der Waals surface area contributed by atoms with E-state index in [2.05, 4.69) is 4.57 Å². The molecule has 0 atom stereocenters. The molecular formula is C29H23F2N3. The molecule has 0 spiro atoms. The van der Waals surface area contributed by atoms with Gasteiger partial charge in [0.25, 0.3) is 0 Å². The number of rotatable bonds is 5. The average molecular weight is 452 g/mol. The largest absolute Gasteiger partial charge is 0.299 e. The third-order valence-corrected chi connectivity index (χ3v) is 6.01. The van der Waals surface area contributed by atoms with Gasteiger partial charge in [-0.3, -0.25) is 9.55 Å². The van der Waals surface area contributed by atoms with Gasteiger partial charge in [0.15, 0.2) is 0 Å². The Kier molecular flexibility index (Phi) is 5.54. The summed E-state index contributed by atoms with van der Waals surface area (Å²) in [5.41, 5.74) is 3.73. The molecule has 3 nitrogen and oxygen atoms in total. The van der Waals surface area contributed by atoms with Crippen molar-refractivity contribution in [3.8, 4) is 28.3 Å². The number of aromatic nitrogens is 3. The van der Waals surface area contributed by atoms with Crippen LogP contribution >= 0.6 is 0 Å². The standard InChI is InChI=1S/C29H23F2N3/c1-29(2,26-15-9-14-25(32-26)23-17-16-21(30)18-24(23)31)27-19-34(22-12-7-4-8-13-22)28(33-27)20-10-5-3-6-11-20/h3-19H,1-2H3. The van der Waals surface area contributed by atoms with Crippen molar-refractivity contribution in [3.05, 3.63) is 126 Å². The molecule has 2 aromatic heterocycles. The number of halogens is 2. The van der Waals surface area contributed by atoms with Gasteiger partial charge in [-0.25, -0.2) is 13.8 Å². The number of hydrogen-bond donors (Lipinski definition) is 0. The lowest BCUT2D eigenvalue weighted by molar-refractivity contribution is 0.583. The van der Waals surface area contributed by atoms with Crippen LogP contribution in [-0.4, -0.2) is 14.5 Å². The Hall–Kier alpha value is -4.12. The van der Waals surface area contributed by atoms with Crippen molar-refractivity contribution in [3.63, 3.8) is 0 Å². The molecule has 0 saturated carbocycles. The van der Waals surface area contributed by atoms with E-state index in [1.807, 2.05) is 92.8 Å². The molecule has 5 aromatic rings. The molecule has 168 valence electrons. The van der Waals surface area contributed by atoms with Crippen LogP contribution in [0.25, 0.3) is 28.3 Å². The summed E-state index contributed by atoms with van der Waals surface area (Å²) in [6.07, 6.45) is 2.03. The lowest BCUT2D eigenvalue weighted by atomic mass is 9.85. The summed E-state index contributed by atoms with van der Waals surface area (Å²) < 4.78 is 29.9. The average Bonchev–Trinajstić information content (AvgIpc) is 3.32. The molecule has 0 N–H and O–H groups in total. The van der Waals surface area contributed by atoms with Crippen molar-refractivity contribution in [2.45, 2.75) is 19.3 Å². The van der Waals surface area contributed by atoms with Crippen LogP contribution in [0, 0.1) is 11.6 Å². The molecule has 5 heteroatoms. The van der Waals surface area contributed by atoms with E-state index in [1.54, 1.807) is 6.07 Å². The van der Waals surface area contributed by atoms with Gasteiger partial charge in [-0.1, -0.05) is 54.6 Å². The summed E-state index contributed by atoms with van der Waals surface area (Å²) in [6.45, 7) is 4.10. The van der Waals surface area contributed by atoms with Crippen molar-refractivity contribution in [2.24, 2.45) is 0 Å². The normalized spacial score (nSPS) is 11.5. The summed E-state index contributed by atoms with van der Waals surface area (Å²) in [5.74, 6) is -0.421. The summed E-state index contributed by atoms with van der Waals surface area (Å²) in [4.78, 5) is 9.79. The Bertz CT molecular complexity index is 1380. The molecule has 0 radical (unpaired) electrons. The van der Waals surface area contributed by atoms with Crippen molar-refractivity contribution in [2.75, 3.05) is 0 Å². The molecule has 3 aromatic carbocycles. The Morgan fingerprint density at radius 1 is 0.706 bits per heavy atom. The molecule has 0 aliphatic heterocycles. The number of imidazole rings is 1. The van der Waals surface area contributed by atoms with Gasteiger partial charge >= 0.3 is 0 Å². The summed E-state index contributed by atoms with van der Waals surface area (Å²) in [6, 6.07) is 29.1. The second-order valence-corrected chi connectivity index (χ2v) is 8.68.